The molecular weight excluding hydrogens is 394 g/mol. The highest BCUT2D eigenvalue weighted by Crippen LogP contribution is 2.32. The minimum Gasteiger partial charge on any atom is -0.492 e. The van der Waals surface area contributed by atoms with Gasteiger partial charge in [-0.3, -0.25) is 14.5 Å². The van der Waals surface area contributed by atoms with Gasteiger partial charge in [-0.05, 0) is 37.1 Å². The first kappa shape index (κ1) is 21.4. The summed E-state index contributed by atoms with van der Waals surface area (Å²) in [5, 5.41) is 3.51. The summed E-state index contributed by atoms with van der Waals surface area (Å²) in [4.78, 5) is 40.5. The van der Waals surface area contributed by atoms with Crippen LogP contribution >= 0.6 is 11.6 Å². The number of amides is 4. The van der Waals surface area contributed by atoms with E-state index in [-0.39, 0.29) is 18.4 Å². The van der Waals surface area contributed by atoms with E-state index in [9.17, 15) is 14.4 Å². The average Bonchev–Trinajstić information content (AvgIpc) is 2.91. The van der Waals surface area contributed by atoms with Crippen molar-refractivity contribution in [1.29, 1.82) is 0 Å². The third-order valence-corrected chi connectivity index (χ3v) is 5.93. The molecule has 0 aromatic heterocycles. The SMILES string of the molecule is CN(CCOc1ccc(Cl)cc1)C(=O)CN1C(=O)NC2(CCCCCCC2)C1=O. The largest absolute Gasteiger partial charge is 0.492 e. The minimum atomic E-state index is -0.825. The molecule has 7 nitrogen and oxygen atoms in total. The van der Waals surface area contributed by atoms with Crippen LogP contribution < -0.4 is 10.1 Å². The fourth-order valence-corrected chi connectivity index (χ4v) is 4.01. The van der Waals surface area contributed by atoms with E-state index in [2.05, 4.69) is 5.32 Å². The number of ether oxygens (including phenoxy) is 1. The number of likely N-dealkylation sites (N-methyl/N-ethyl adjacent to an activating group) is 1. The summed E-state index contributed by atoms with van der Waals surface area (Å²) < 4.78 is 5.60. The summed E-state index contributed by atoms with van der Waals surface area (Å²) in [5.41, 5.74) is -0.825. The number of nitrogens with zero attached hydrogens (tertiary/aromatic N) is 2. The predicted octanol–water partition coefficient (Wildman–Crippen LogP) is 3.21. The normalized spacial score (nSPS) is 18.9. The second-order valence-electron chi connectivity index (χ2n) is 7.79. The van der Waals surface area contributed by atoms with Gasteiger partial charge in [0.2, 0.25) is 5.91 Å². The Kier molecular flexibility index (Phi) is 7.00. The molecular formula is C21H28ClN3O4. The van der Waals surface area contributed by atoms with Crippen molar-refractivity contribution in [3.05, 3.63) is 29.3 Å². The average molecular weight is 422 g/mol. The van der Waals surface area contributed by atoms with Gasteiger partial charge < -0.3 is 15.0 Å². The molecule has 4 amide bonds. The number of imide groups is 1. The Morgan fingerprint density at radius 2 is 1.76 bits per heavy atom. The van der Waals surface area contributed by atoms with Gasteiger partial charge in [0.05, 0.1) is 6.54 Å². The van der Waals surface area contributed by atoms with Crippen molar-refractivity contribution in [2.45, 2.75) is 50.5 Å². The molecule has 2 fully saturated rings. The van der Waals surface area contributed by atoms with Crippen molar-refractivity contribution in [2.75, 3.05) is 26.7 Å². The van der Waals surface area contributed by atoms with Gasteiger partial charge in [-0.2, -0.15) is 0 Å². The van der Waals surface area contributed by atoms with Crippen LogP contribution in [-0.2, 0) is 9.59 Å². The Bertz CT molecular complexity index is 745. The molecule has 2 aliphatic rings. The van der Waals surface area contributed by atoms with Crippen LogP contribution in [0.3, 0.4) is 0 Å². The Labute approximate surface area is 176 Å². The molecule has 1 aromatic carbocycles. The van der Waals surface area contributed by atoms with E-state index in [0.717, 1.165) is 30.6 Å². The van der Waals surface area contributed by atoms with Gasteiger partial charge in [0.15, 0.2) is 0 Å². The molecule has 8 heteroatoms. The summed E-state index contributed by atoms with van der Waals surface area (Å²) in [6.07, 6.45) is 6.43. The Morgan fingerprint density at radius 1 is 1.14 bits per heavy atom. The first-order valence-electron chi connectivity index (χ1n) is 10.2. The lowest BCUT2D eigenvalue weighted by molar-refractivity contribution is -0.138. The molecule has 0 atom stereocenters. The smallest absolute Gasteiger partial charge is 0.325 e. The zero-order valence-electron chi connectivity index (χ0n) is 16.8. The topological polar surface area (TPSA) is 79.0 Å². The van der Waals surface area contributed by atoms with E-state index in [1.165, 1.54) is 11.3 Å². The van der Waals surface area contributed by atoms with E-state index >= 15 is 0 Å². The van der Waals surface area contributed by atoms with E-state index in [0.29, 0.717) is 36.8 Å². The third-order valence-electron chi connectivity index (χ3n) is 5.68. The fraction of sp³-hybridized carbons (Fsp3) is 0.571. The van der Waals surface area contributed by atoms with Crippen LogP contribution in [0.1, 0.15) is 44.9 Å². The molecule has 29 heavy (non-hydrogen) atoms. The highest BCUT2D eigenvalue weighted by atomic mass is 35.5. The van der Waals surface area contributed by atoms with Crippen LogP contribution in [0.2, 0.25) is 5.02 Å². The monoisotopic (exact) mass is 421 g/mol. The Hall–Kier alpha value is -2.28. The summed E-state index contributed by atoms with van der Waals surface area (Å²) in [6, 6.07) is 6.51. The van der Waals surface area contributed by atoms with Crippen LogP contribution in [0.4, 0.5) is 4.79 Å². The summed E-state index contributed by atoms with van der Waals surface area (Å²) in [5.74, 6) is 0.107. The van der Waals surface area contributed by atoms with Gasteiger partial charge in [0.25, 0.3) is 5.91 Å². The lowest BCUT2D eigenvalue weighted by atomic mass is 9.84. The first-order chi connectivity index (χ1) is 13.9. The molecule has 3 rings (SSSR count). The maximum atomic E-state index is 13.0. The highest BCUT2D eigenvalue weighted by Gasteiger charge is 2.50. The van der Waals surface area contributed by atoms with Gasteiger partial charge >= 0.3 is 6.03 Å². The van der Waals surface area contributed by atoms with Gasteiger partial charge in [0, 0.05) is 12.1 Å². The van der Waals surface area contributed by atoms with Crippen molar-refractivity contribution in [2.24, 2.45) is 0 Å². The van der Waals surface area contributed by atoms with E-state index < -0.39 is 11.6 Å². The molecule has 1 aliphatic carbocycles. The van der Waals surface area contributed by atoms with Crippen LogP contribution in [0.5, 0.6) is 5.75 Å². The second-order valence-corrected chi connectivity index (χ2v) is 8.23. The van der Waals surface area contributed by atoms with Gasteiger partial charge in [0.1, 0.15) is 24.4 Å². The summed E-state index contributed by atoms with van der Waals surface area (Å²) in [7, 11) is 1.64. The predicted molar refractivity (Wildman–Crippen MR) is 110 cm³/mol. The molecule has 1 saturated heterocycles. The van der Waals surface area contributed by atoms with Crippen LogP contribution in [0.15, 0.2) is 24.3 Å². The molecule has 0 bridgehead atoms. The number of benzene rings is 1. The van der Waals surface area contributed by atoms with Crippen molar-refractivity contribution in [3.63, 3.8) is 0 Å². The number of nitrogens with one attached hydrogen (secondary N) is 1. The van der Waals surface area contributed by atoms with Crippen LogP contribution in [0.25, 0.3) is 0 Å². The van der Waals surface area contributed by atoms with Crippen LogP contribution in [-0.4, -0.2) is 59.9 Å². The number of hydrogen-bond acceptors (Lipinski definition) is 4. The van der Waals surface area contributed by atoms with E-state index in [1.807, 2.05) is 0 Å². The summed E-state index contributed by atoms with van der Waals surface area (Å²) >= 11 is 5.84. The molecule has 0 radical (unpaired) electrons. The molecule has 1 aromatic rings. The van der Waals surface area contributed by atoms with Gasteiger partial charge in [-0.1, -0.05) is 43.7 Å². The molecule has 1 aliphatic heterocycles. The lowest BCUT2D eigenvalue weighted by Gasteiger charge is -2.28. The number of carbonyl (C=O) groups is 3. The molecule has 1 heterocycles. The lowest BCUT2D eigenvalue weighted by Crippen LogP contribution is -2.48. The quantitative estimate of drug-likeness (QED) is 0.715. The van der Waals surface area contributed by atoms with Crippen molar-refractivity contribution < 1.29 is 19.1 Å². The molecule has 1 spiro atoms. The maximum absolute atomic E-state index is 13.0. The number of hydrogen-bond donors (Lipinski definition) is 1. The zero-order chi connectivity index (χ0) is 20.9. The van der Waals surface area contributed by atoms with E-state index in [1.54, 1.807) is 31.3 Å². The zero-order valence-corrected chi connectivity index (χ0v) is 17.5. The van der Waals surface area contributed by atoms with Crippen LogP contribution in [0, 0.1) is 0 Å². The van der Waals surface area contributed by atoms with Crippen molar-refractivity contribution in [3.8, 4) is 5.75 Å². The van der Waals surface area contributed by atoms with E-state index in [4.69, 9.17) is 16.3 Å². The molecule has 1 saturated carbocycles. The number of urea groups is 1. The van der Waals surface area contributed by atoms with Gasteiger partial charge in [-0.25, -0.2) is 4.79 Å². The fourth-order valence-electron chi connectivity index (χ4n) is 3.88. The van der Waals surface area contributed by atoms with Crippen molar-refractivity contribution in [1.82, 2.24) is 15.1 Å². The minimum absolute atomic E-state index is 0.246. The standard InChI is InChI=1S/C21H28ClN3O4/c1-24(13-14-29-17-9-7-16(22)8-10-17)18(26)15-25-19(27)21(23-20(25)28)11-5-3-2-4-6-12-21/h7-10H,2-6,11-15H2,1H3,(H,23,28). The third kappa shape index (κ3) is 5.21. The summed E-state index contributed by atoms with van der Waals surface area (Å²) in [6.45, 7) is 0.397. The Balaban J connectivity index is 1.51. The maximum Gasteiger partial charge on any atom is 0.325 e. The number of carbonyl (C=O) groups excluding carboxylic acids is 3. The molecule has 1 N–H and O–H groups in total. The van der Waals surface area contributed by atoms with Crippen molar-refractivity contribution >= 4 is 29.4 Å². The number of rotatable bonds is 6. The Morgan fingerprint density at radius 3 is 2.41 bits per heavy atom. The molecule has 0 unspecified atom stereocenters. The molecule has 158 valence electrons. The number of halogens is 1. The van der Waals surface area contributed by atoms with Gasteiger partial charge in [-0.15, -0.1) is 0 Å². The second kappa shape index (κ2) is 9.48. The first-order valence-corrected chi connectivity index (χ1v) is 10.6. The highest BCUT2D eigenvalue weighted by molar-refractivity contribution is 6.30.